The summed E-state index contributed by atoms with van der Waals surface area (Å²) in [5, 5.41) is 3.48. The summed E-state index contributed by atoms with van der Waals surface area (Å²) >= 11 is 3.44. The van der Waals surface area contributed by atoms with Gasteiger partial charge < -0.3 is 10.1 Å². The van der Waals surface area contributed by atoms with Gasteiger partial charge in [-0.1, -0.05) is 22.9 Å². The molecule has 1 heterocycles. The molecule has 2 nitrogen and oxygen atoms in total. The molecular weight excluding hydrogens is 333 g/mol. The predicted octanol–water partition coefficient (Wildman–Crippen LogP) is 4.98. The van der Waals surface area contributed by atoms with Gasteiger partial charge in [0.05, 0.1) is 6.10 Å². The highest BCUT2D eigenvalue weighted by Gasteiger charge is 2.18. The number of hydrogen-bond donors (Lipinski definition) is 1. The Hall–Kier alpha value is -0.450. The van der Waals surface area contributed by atoms with Crippen LogP contribution in [-0.2, 0) is 4.74 Å². The van der Waals surface area contributed by atoms with Crippen LogP contribution >= 0.6 is 15.9 Å². The molecule has 0 bridgehead atoms. The summed E-state index contributed by atoms with van der Waals surface area (Å²) in [5.41, 5.74) is 0.769. The second kappa shape index (κ2) is 8.86. The van der Waals surface area contributed by atoms with Crippen LogP contribution in [0, 0.1) is 5.82 Å². The van der Waals surface area contributed by atoms with Crippen molar-refractivity contribution in [3.63, 3.8) is 0 Å². The Balaban J connectivity index is 1.94. The zero-order valence-corrected chi connectivity index (χ0v) is 14.3. The summed E-state index contributed by atoms with van der Waals surface area (Å²) < 4.78 is 20.7. The Morgan fingerprint density at radius 1 is 1.48 bits per heavy atom. The van der Waals surface area contributed by atoms with E-state index in [9.17, 15) is 4.39 Å². The Morgan fingerprint density at radius 2 is 2.33 bits per heavy atom. The minimum atomic E-state index is -0.121. The molecule has 1 aliphatic heterocycles. The highest BCUT2D eigenvalue weighted by atomic mass is 79.9. The zero-order chi connectivity index (χ0) is 15.1. The Bertz CT molecular complexity index is 435. The van der Waals surface area contributed by atoms with E-state index in [2.05, 4.69) is 28.2 Å². The molecule has 118 valence electrons. The smallest absolute Gasteiger partial charge is 0.128 e. The molecule has 2 unspecified atom stereocenters. The van der Waals surface area contributed by atoms with Gasteiger partial charge >= 0.3 is 0 Å². The van der Waals surface area contributed by atoms with E-state index in [0.29, 0.717) is 6.10 Å². The first-order valence-electron chi connectivity index (χ1n) is 8.00. The number of hydrogen-bond acceptors (Lipinski definition) is 2. The van der Waals surface area contributed by atoms with Gasteiger partial charge in [0.2, 0.25) is 0 Å². The minimum absolute atomic E-state index is 0.0869. The van der Waals surface area contributed by atoms with Crippen LogP contribution in [-0.4, -0.2) is 19.3 Å². The van der Waals surface area contributed by atoms with Crippen molar-refractivity contribution >= 4 is 15.9 Å². The van der Waals surface area contributed by atoms with E-state index in [-0.39, 0.29) is 11.9 Å². The number of halogens is 2. The molecule has 1 saturated heterocycles. The first-order valence-corrected chi connectivity index (χ1v) is 8.80. The molecule has 0 amide bonds. The fourth-order valence-corrected chi connectivity index (χ4v) is 3.27. The first-order chi connectivity index (χ1) is 10.2. The molecule has 1 aromatic rings. The van der Waals surface area contributed by atoms with Crippen molar-refractivity contribution in [1.82, 2.24) is 5.32 Å². The van der Waals surface area contributed by atoms with Gasteiger partial charge in [-0.3, -0.25) is 0 Å². The van der Waals surface area contributed by atoms with Crippen LogP contribution in [0.3, 0.4) is 0 Å². The minimum Gasteiger partial charge on any atom is -0.378 e. The van der Waals surface area contributed by atoms with Crippen molar-refractivity contribution in [3.05, 3.63) is 34.1 Å². The number of nitrogens with one attached hydrogen (secondary N) is 1. The van der Waals surface area contributed by atoms with Crippen LogP contribution in [0.5, 0.6) is 0 Å². The lowest BCUT2D eigenvalue weighted by Gasteiger charge is -2.20. The third kappa shape index (κ3) is 5.35. The van der Waals surface area contributed by atoms with E-state index < -0.39 is 0 Å². The van der Waals surface area contributed by atoms with E-state index in [4.69, 9.17) is 4.74 Å². The normalized spacial score (nSPS) is 19.9. The summed E-state index contributed by atoms with van der Waals surface area (Å²) in [5.74, 6) is -0.121. The fourth-order valence-electron chi connectivity index (χ4n) is 2.89. The largest absolute Gasteiger partial charge is 0.378 e. The van der Waals surface area contributed by atoms with E-state index in [1.807, 2.05) is 6.07 Å². The average molecular weight is 358 g/mol. The number of rotatable bonds is 8. The SMILES string of the molecule is CCCNC(CCCC1CCCO1)c1cc(Br)ccc1F. The molecule has 1 aliphatic rings. The van der Waals surface area contributed by atoms with Crippen LogP contribution < -0.4 is 5.32 Å². The van der Waals surface area contributed by atoms with Crippen molar-refractivity contribution in [2.75, 3.05) is 13.2 Å². The van der Waals surface area contributed by atoms with Gasteiger partial charge in [0, 0.05) is 22.7 Å². The molecule has 0 radical (unpaired) electrons. The van der Waals surface area contributed by atoms with Gasteiger partial charge in [-0.25, -0.2) is 4.39 Å². The second-order valence-electron chi connectivity index (χ2n) is 5.74. The molecule has 1 aromatic carbocycles. The quantitative estimate of drug-likeness (QED) is 0.708. The molecule has 4 heteroatoms. The molecular formula is C17H25BrFNO. The summed E-state index contributed by atoms with van der Waals surface area (Å²) in [7, 11) is 0. The molecule has 0 aromatic heterocycles. The van der Waals surface area contributed by atoms with Crippen LogP contribution in [0.15, 0.2) is 22.7 Å². The van der Waals surface area contributed by atoms with Gasteiger partial charge in [0.15, 0.2) is 0 Å². The van der Waals surface area contributed by atoms with Crippen molar-refractivity contribution in [1.29, 1.82) is 0 Å². The molecule has 1 fully saturated rings. The summed E-state index contributed by atoms with van der Waals surface area (Å²) in [6, 6.07) is 5.28. The second-order valence-corrected chi connectivity index (χ2v) is 6.65. The lowest BCUT2D eigenvalue weighted by molar-refractivity contribution is 0.101. The van der Waals surface area contributed by atoms with Gasteiger partial charge in [-0.05, 0) is 63.3 Å². The zero-order valence-electron chi connectivity index (χ0n) is 12.7. The maximum Gasteiger partial charge on any atom is 0.128 e. The molecule has 0 spiro atoms. The van der Waals surface area contributed by atoms with E-state index in [1.165, 1.54) is 12.8 Å². The van der Waals surface area contributed by atoms with E-state index in [1.54, 1.807) is 12.1 Å². The first kappa shape index (κ1) is 16.9. The van der Waals surface area contributed by atoms with Crippen molar-refractivity contribution in [2.45, 2.75) is 57.6 Å². The third-order valence-electron chi connectivity index (χ3n) is 4.02. The molecule has 0 saturated carbocycles. The molecule has 2 rings (SSSR count). The topological polar surface area (TPSA) is 21.3 Å². The van der Waals surface area contributed by atoms with E-state index in [0.717, 1.165) is 48.9 Å². The molecule has 2 atom stereocenters. The predicted molar refractivity (Wildman–Crippen MR) is 88.0 cm³/mol. The Labute approximate surface area is 135 Å². The third-order valence-corrected chi connectivity index (χ3v) is 4.51. The summed E-state index contributed by atoms with van der Waals surface area (Å²) in [6.45, 7) is 3.95. The highest BCUT2D eigenvalue weighted by molar-refractivity contribution is 9.10. The Morgan fingerprint density at radius 3 is 3.05 bits per heavy atom. The average Bonchev–Trinajstić information content (AvgIpc) is 2.99. The van der Waals surface area contributed by atoms with Gasteiger partial charge in [0.25, 0.3) is 0 Å². The number of ether oxygens (including phenoxy) is 1. The standard InChI is InChI=1S/C17H25BrFNO/c1-2-10-20-17(7-3-5-14-6-4-11-21-14)15-12-13(18)8-9-16(15)19/h8-9,12,14,17,20H,2-7,10-11H2,1H3. The van der Waals surface area contributed by atoms with E-state index >= 15 is 0 Å². The fraction of sp³-hybridized carbons (Fsp3) is 0.647. The highest BCUT2D eigenvalue weighted by Crippen LogP contribution is 2.27. The van der Waals surface area contributed by atoms with Crippen LogP contribution in [0.1, 0.15) is 57.1 Å². The van der Waals surface area contributed by atoms with Gasteiger partial charge in [-0.15, -0.1) is 0 Å². The van der Waals surface area contributed by atoms with Crippen molar-refractivity contribution in [2.24, 2.45) is 0 Å². The van der Waals surface area contributed by atoms with Crippen molar-refractivity contribution < 1.29 is 9.13 Å². The van der Waals surface area contributed by atoms with Gasteiger partial charge in [-0.2, -0.15) is 0 Å². The van der Waals surface area contributed by atoms with Crippen LogP contribution in [0.25, 0.3) is 0 Å². The lowest BCUT2D eigenvalue weighted by Crippen LogP contribution is -2.23. The monoisotopic (exact) mass is 357 g/mol. The summed E-state index contributed by atoms with van der Waals surface area (Å²) in [6.07, 6.45) is 6.94. The maximum atomic E-state index is 14.1. The molecule has 1 N–H and O–H groups in total. The van der Waals surface area contributed by atoms with Crippen molar-refractivity contribution in [3.8, 4) is 0 Å². The Kier molecular flexibility index (Phi) is 7.14. The number of benzene rings is 1. The lowest BCUT2D eigenvalue weighted by atomic mass is 9.98. The van der Waals surface area contributed by atoms with Gasteiger partial charge in [0.1, 0.15) is 5.82 Å². The maximum absolute atomic E-state index is 14.1. The van der Waals surface area contributed by atoms with Crippen LogP contribution in [0.2, 0.25) is 0 Å². The molecule has 21 heavy (non-hydrogen) atoms. The van der Waals surface area contributed by atoms with Crippen LogP contribution in [0.4, 0.5) is 4.39 Å². The molecule has 0 aliphatic carbocycles. The summed E-state index contributed by atoms with van der Waals surface area (Å²) in [4.78, 5) is 0.